The Balaban J connectivity index is 2.30. The van der Waals surface area contributed by atoms with Gasteiger partial charge in [-0.05, 0) is 30.7 Å². The summed E-state index contributed by atoms with van der Waals surface area (Å²) in [6.45, 7) is 8.59. The maximum absolute atomic E-state index is 11.8. The largest absolute Gasteiger partial charge is 0.462 e. The molecule has 0 unspecified atom stereocenters. The lowest BCUT2D eigenvalue weighted by Gasteiger charge is -2.17. The highest BCUT2D eigenvalue weighted by atomic mass is 16.5. The van der Waals surface area contributed by atoms with E-state index in [2.05, 4.69) is 25.8 Å². The van der Waals surface area contributed by atoms with Gasteiger partial charge in [-0.1, -0.05) is 39.0 Å². The highest BCUT2D eigenvalue weighted by Crippen LogP contribution is 2.24. The van der Waals surface area contributed by atoms with Crippen LogP contribution in [-0.4, -0.2) is 17.6 Å². The number of rotatable bonds is 3. The van der Waals surface area contributed by atoms with Crippen molar-refractivity contribution in [2.24, 2.45) is 0 Å². The lowest BCUT2D eigenvalue weighted by Crippen LogP contribution is -2.12. The molecule has 0 saturated carbocycles. The zero-order valence-corrected chi connectivity index (χ0v) is 13.0. The molecule has 0 aliphatic carbocycles. The summed E-state index contributed by atoms with van der Waals surface area (Å²) in [7, 11) is 0. The molecule has 0 radical (unpaired) electrons. The molecule has 1 heterocycles. The molecule has 0 spiro atoms. The minimum Gasteiger partial charge on any atom is -0.462 e. The van der Waals surface area contributed by atoms with Crippen molar-refractivity contribution in [1.29, 1.82) is 0 Å². The van der Waals surface area contributed by atoms with E-state index in [4.69, 9.17) is 4.74 Å². The van der Waals surface area contributed by atoms with Crippen molar-refractivity contribution in [3.63, 3.8) is 0 Å². The zero-order valence-electron chi connectivity index (χ0n) is 13.0. The summed E-state index contributed by atoms with van der Waals surface area (Å²) in [5.41, 5.74) is 3.61. The van der Waals surface area contributed by atoms with E-state index in [9.17, 15) is 4.79 Å². The van der Waals surface area contributed by atoms with Crippen LogP contribution in [-0.2, 0) is 10.2 Å². The maximum atomic E-state index is 11.8. The predicted octanol–water partition coefficient (Wildman–Crippen LogP) is 4.22. The summed E-state index contributed by atoms with van der Waals surface area (Å²) in [6.07, 6.45) is 1.85. The fourth-order valence-corrected chi connectivity index (χ4v) is 2.05. The molecule has 0 fully saturated rings. The van der Waals surface area contributed by atoms with Gasteiger partial charge < -0.3 is 4.74 Å². The third-order valence-electron chi connectivity index (χ3n) is 3.24. The minimum absolute atomic E-state index is 0.0330. The molecule has 0 N–H and O–H groups in total. The summed E-state index contributed by atoms with van der Waals surface area (Å²) in [4.78, 5) is 16.3. The quantitative estimate of drug-likeness (QED) is 0.792. The second-order valence-electron chi connectivity index (χ2n) is 5.98. The van der Waals surface area contributed by atoms with Gasteiger partial charge in [-0.2, -0.15) is 0 Å². The summed E-state index contributed by atoms with van der Waals surface area (Å²) in [5, 5.41) is 0. The first-order valence-electron chi connectivity index (χ1n) is 7.16. The van der Waals surface area contributed by atoms with Gasteiger partial charge in [0.1, 0.15) is 0 Å². The lowest BCUT2D eigenvalue weighted by molar-refractivity contribution is 0.0526. The molecule has 2 rings (SSSR count). The topological polar surface area (TPSA) is 39.2 Å². The molecule has 2 aromatic rings. The first kappa shape index (κ1) is 15.2. The van der Waals surface area contributed by atoms with Crippen molar-refractivity contribution in [3.8, 4) is 11.1 Å². The Bertz CT molecular complexity index is 624. The third-order valence-corrected chi connectivity index (χ3v) is 3.24. The predicted molar refractivity (Wildman–Crippen MR) is 84.3 cm³/mol. The first-order chi connectivity index (χ1) is 9.91. The summed E-state index contributed by atoms with van der Waals surface area (Å²) < 4.78 is 5.03. The smallest absolute Gasteiger partial charge is 0.338 e. The normalized spacial score (nSPS) is 11.2. The van der Waals surface area contributed by atoms with Crippen molar-refractivity contribution < 1.29 is 9.53 Å². The van der Waals surface area contributed by atoms with Crippen molar-refractivity contribution >= 4 is 5.97 Å². The maximum Gasteiger partial charge on any atom is 0.338 e. The Labute approximate surface area is 126 Å². The van der Waals surface area contributed by atoms with E-state index in [1.807, 2.05) is 36.5 Å². The first-order valence-corrected chi connectivity index (χ1v) is 7.16. The van der Waals surface area contributed by atoms with E-state index in [0.29, 0.717) is 12.2 Å². The summed E-state index contributed by atoms with van der Waals surface area (Å²) in [5.74, 6) is -0.293. The van der Waals surface area contributed by atoms with Crippen molar-refractivity contribution in [1.82, 2.24) is 4.98 Å². The Morgan fingerprint density at radius 1 is 1.14 bits per heavy atom. The highest BCUT2D eigenvalue weighted by molar-refractivity contribution is 5.91. The van der Waals surface area contributed by atoms with Gasteiger partial charge in [0.15, 0.2) is 0 Å². The molecule has 1 aromatic carbocycles. The van der Waals surface area contributed by atoms with Crippen molar-refractivity contribution in [2.45, 2.75) is 33.1 Å². The molecule has 0 aliphatic rings. The average Bonchev–Trinajstić information content (AvgIpc) is 2.47. The fraction of sp³-hybridized carbons (Fsp3) is 0.333. The van der Waals surface area contributed by atoms with Crippen LogP contribution in [0.3, 0.4) is 0 Å². The van der Waals surface area contributed by atoms with E-state index in [1.165, 1.54) is 0 Å². The molecule has 0 atom stereocenters. The Kier molecular flexibility index (Phi) is 4.41. The minimum atomic E-state index is -0.293. The van der Waals surface area contributed by atoms with Crippen LogP contribution in [0, 0.1) is 0 Å². The molecule has 1 aromatic heterocycles. The van der Waals surface area contributed by atoms with Crippen LogP contribution in [0.15, 0.2) is 42.6 Å². The third kappa shape index (κ3) is 3.69. The SMILES string of the molecule is CCOC(=O)c1cccc(-c2ccc(C(C)(C)C)nc2)c1. The Hall–Kier alpha value is -2.16. The van der Waals surface area contributed by atoms with Gasteiger partial charge >= 0.3 is 5.97 Å². The van der Waals surface area contributed by atoms with E-state index in [1.54, 1.807) is 13.0 Å². The van der Waals surface area contributed by atoms with Gasteiger partial charge in [0, 0.05) is 22.9 Å². The fourth-order valence-electron chi connectivity index (χ4n) is 2.05. The number of ether oxygens (including phenoxy) is 1. The summed E-state index contributed by atoms with van der Waals surface area (Å²) >= 11 is 0. The number of carbonyl (C=O) groups is 1. The Morgan fingerprint density at radius 3 is 2.48 bits per heavy atom. The number of nitrogens with zero attached hydrogens (tertiary/aromatic N) is 1. The number of pyridine rings is 1. The van der Waals surface area contributed by atoms with Crippen LogP contribution in [0.5, 0.6) is 0 Å². The molecule has 0 saturated heterocycles. The molecule has 0 aliphatic heterocycles. The number of benzene rings is 1. The van der Waals surface area contributed by atoms with E-state index < -0.39 is 0 Å². The number of aromatic nitrogens is 1. The number of hydrogen-bond donors (Lipinski definition) is 0. The summed E-state index contributed by atoms with van der Waals surface area (Å²) in [6, 6.07) is 11.5. The van der Waals surface area contributed by atoms with E-state index in [-0.39, 0.29) is 11.4 Å². The molecule has 0 bridgehead atoms. The van der Waals surface area contributed by atoms with Crippen LogP contribution < -0.4 is 0 Å². The molecule has 110 valence electrons. The molecule has 3 nitrogen and oxygen atoms in total. The number of carbonyl (C=O) groups excluding carboxylic acids is 1. The highest BCUT2D eigenvalue weighted by Gasteiger charge is 2.15. The molecule has 3 heteroatoms. The van der Waals surface area contributed by atoms with Gasteiger partial charge in [0.05, 0.1) is 12.2 Å². The van der Waals surface area contributed by atoms with Gasteiger partial charge in [0.2, 0.25) is 0 Å². The van der Waals surface area contributed by atoms with Gasteiger partial charge in [-0.15, -0.1) is 0 Å². The Morgan fingerprint density at radius 2 is 1.90 bits per heavy atom. The van der Waals surface area contributed by atoms with Crippen LogP contribution in [0.1, 0.15) is 43.7 Å². The van der Waals surface area contributed by atoms with Gasteiger partial charge in [-0.3, -0.25) is 4.98 Å². The monoisotopic (exact) mass is 283 g/mol. The van der Waals surface area contributed by atoms with E-state index in [0.717, 1.165) is 16.8 Å². The van der Waals surface area contributed by atoms with Crippen LogP contribution >= 0.6 is 0 Å². The average molecular weight is 283 g/mol. The molecule has 21 heavy (non-hydrogen) atoms. The second kappa shape index (κ2) is 6.08. The van der Waals surface area contributed by atoms with Crippen LogP contribution in [0.25, 0.3) is 11.1 Å². The van der Waals surface area contributed by atoms with E-state index >= 15 is 0 Å². The van der Waals surface area contributed by atoms with Crippen LogP contribution in [0.4, 0.5) is 0 Å². The molecular weight excluding hydrogens is 262 g/mol. The molecule has 0 amide bonds. The van der Waals surface area contributed by atoms with Crippen molar-refractivity contribution in [3.05, 3.63) is 53.9 Å². The zero-order chi connectivity index (χ0) is 15.5. The van der Waals surface area contributed by atoms with Gasteiger partial charge in [-0.25, -0.2) is 4.79 Å². The van der Waals surface area contributed by atoms with Crippen molar-refractivity contribution in [2.75, 3.05) is 6.61 Å². The van der Waals surface area contributed by atoms with Gasteiger partial charge in [0.25, 0.3) is 0 Å². The standard InChI is InChI=1S/C18H21NO2/c1-5-21-17(20)14-8-6-7-13(11-14)15-9-10-16(19-12-15)18(2,3)4/h6-12H,5H2,1-4H3. The second-order valence-corrected chi connectivity index (χ2v) is 5.98. The molecular formula is C18H21NO2. The number of esters is 1. The van der Waals surface area contributed by atoms with Crippen LogP contribution in [0.2, 0.25) is 0 Å². The lowest BCUT2D eigenvalue weighted by atomic mass is 9.91. The number of hydrogen-bond acceptors (Lipinski definition) is 3.